The van der Waals surface area contributed by atoms with Gasteiger partial charge in [0.05, 0.1) is 13.1 Å². The summed E-state index contributed by atoms with van der Waals surface area (Å²) in [5, 5.41) is 16.3. The fraction of sp³-hybridized carbons (Fsp3) is 0.667. The van der Waals surface area contributed by atoms with Crippen LogP contribution >= 0.6 is 0 Å². The molecule has 1 aromatic rings. The molecule has 0 aliphatic carbocycles. The van der Waals surface area contributed by atoms with E-state index in [2.05, 4.69) is 26.0 Å². The molecule has 0 saturated carbocycles. The molecule has 7 heteroatoms. The molecule has 1 amide bonds. The molecule has 1 atom stereocenters. The van der Waals surface area contributed by atoms with Gasteiger partial charge in [-0.1, -0.05) is 5.10 Å². The third-order valence-electron chi connectivity index (χ3n) is 1.57. The van der Waals surface area contributed by atoms with E-state index in [0.717, 1.165) is 0 Å². The van der Waals surface area contributed by atoms with Gasteiger partial charge in [-0.25, -0.2) is 0 Å². The zero-order valence-corrected chi connectivity index (χ0v) is 7.77. The van der Waals surface area contributed by atoms with Crippen molar-refractivity contribution in [3.05, 3.63) is 0 Å². The average Bonchev–Trinajstić information content (AvgIpc) is 2.49. The molecule has 1 unspecified atom stereocenters. The molecule has 1 heterocycles. The van der Waals surface area contributed by atoms with Crippen molar-refractivity contribution in [2.75, 3.05) is 12.4 Å². The summed E-state index contributed by atoms with van der Waals surface area (Å²) in [7, 11) is 3.33. The van der Waals surface area contributed by atoms with Gasteiger partial charge < -0.3 is 5.32 Å². The summed E-state index contributed by atoms with van der Waals surface area (Å²) in [5.74, 6) is 0.0325. The number of hydrogen-bond donors (Lipinski definition) is 2. The van der Waals surface area contributed by atoms with Crippen molar-refractivity contribution in [3.63, 3.8) is 0 Å². The fourth-order valence-corrected chi connectivity index (χ4v) is 0.684. The summed E-state index contributed by atoms with van der Waals surface area (Å²) in [6.45, 7) is 1.74. The Hall–Kier alpha value is -1.50. The van der Waals surface area contributed by atoms with Crippen LogP contribution in [0.25, 0.3) is 0 Å². The number of carbonyl (C=O) groups excluding carboxylic acids is 1. The lowest BCUT2D eigenvalue weighted by Gasteiger charge is -2.07. The lowest BCUT2D eigenvalue weighted by atomic mass is 10.3. The SMILES string of the molecule is CNC(C)C(=O)Nc1nnn(C)n1. The van der Waals surface area contributed by atoms with Crippen LogP contribution in [0, 0.1) is 0 Å². The van der Waals surface area contributed by atoms with Crippen molar-refractivity contribution in [2.24, 2.45) is 7.05 Å². The van der Waals surface area contributed by atoms with E-state index in [1.807, 2.05) is 0 Å². The maximum Gasteiger partial charge on any atom is 0.270 e. The number of amides is 1. The molecule has 0 spiro atoms. The Morgan fingerprint density at radius 3 is 2.77 bits per heavy atom. The Bertz CT molecular complexity index is 295. The summed E-state index contributed by atoms with van der Waals surface area (Å²) in [5.41, 5.74) is 0. The summed E-state index contributed by atoms with van der Waals surface area (Å²) >= 11 is 0. The summed E-state index contributed by atoms with van der Waals surface area (Å²) in [6, 6.07) is -0.274. The van der Waals surface area contributed by atoms with Crippen LogP contribution in [-0.4, -0.2) is 39.2 Å². The minimum Gasteiger partial charge on any atom is -0.309 e. The quantitative estimate of drug-likeness (QED) is 0.613. The second-order valence-electron chi connectivity index (χ2n) is 2.60. The lowest BCUT2D eigenvalue weighted by Crippen LogP contribution is -2.35. The van der Waals surface area contributed by atoms with E-state index in [1.54, 1.807) is 21.0 Å². The molecule has 0 aliphatic heterocycles. The van der Waals surface area contributed by atoms with Gasteiger partial charge >= 0.3 is 0 Å². The summed E-state index contributed by atoms with van der Waals surface area (Å²) in [4.78, 5) is 12.5. The van der Waals surface area contributed by atoms with Gasteiger partial charge in [-0.05, 0) is 19.2 Å². The third-order valence-corrected chi connectivity index (χ3v) is 1.57. The molecule has 72 valence electrons. The van der Waals surface area contributed by atoms with Gasteiger partial charge in [0.1, 0.15) is 0 Å². The highest BCUT2D eigenvalue weighted by molar-refractivity contribution is 5.92. The number of tetrazole rings is 1. The fourth-order valence-electron chi connectivity index (χ4n) is 0.684. The highest BCUT2D eigenvalue weighted by Gasteiger charge is 2.12. The molecule has 1 rings (SSSR count). The first-order valence-corrected chi connectivity index (χ1v) is 3.85. The smallest absolute Gasteiger partial charge is 0.270 e. The number of likely N-dealkylation sites (N-methyl/N-ethyl adjacent to an activating group) is 1. The first-order chi connectivity index (χ1) is 6.13. The van der Waals surface area contributed by atoms with E-state index in [9.17, 15) is 4.79 Å². The predicted molar refractivity (Wildman–Crippen MR) is 45.9 cm³/mol. The number of nitrogens with zero attached hydrogens (tertiary/aromatic N) is 4. The molecular weight excluding hydrogens is 172 g/mol. The van der Waals surface area contributed by atoms with E-state index in [4.69, 9.17) is 0 Å². The molecule has 0 bridgehead atoms. The van der Waals surface area contributed by atoms with Gasteiger partial charge in [0.15, 0.2) is 0 Å². The molecule has 0 radical (unpaired) electrons. The molecule has 7 nitrogen and oxygen atoms in total. The Labute approximate surface area is 75.5 Å². The zero-order valence-electron chi connectivity index (χ0n) is 7.77. The number of rotatable bonds is 3. The number of hydrogen-bond acceptors (Lipinski definition) is 5. The van der Waals surface area contributed by atoms with Crippen molar-refractivity contribution in [1.29, 1.82) is 0 Å². The van der Waals surface area contributed by atoms with Crippen LogP contribution in [0.4, 0.5) is 5.95 Å². The first kappa shape index (κ1) is 9.59. The van der Waals surface area contributed by atoms with Gasteiger partial charge in [0, 0.05) is 0 Å². The van der Waals surface area contributed by atoms with Crippen LogP contribution in [0.15, 0.2) is 0 Å². The second-order valence-corrected chi connectivity index (χ2v) is 2.60. The topological polar surface area (TPSA) is 84.7 Å². The van der Waals surface area contributed by atoms with Crippen LogP contribution in [0.5, 0.6) is 0 Å². The van der Waals surface area contributed by atoms with E-state index < -0.39 is 0 Å². The molecule has 0 fully saturated rings. The standard InChI is InChI=1S/C6H12N6O/c1-4(7-2)5(13)8-6-9-11-12(3)10-6/h4,7H,1-3H3,(H,8,10,13). The van der Waals surface area contributed by atoms with Gasteiger partial charge in [0.25, 0.3) is 5.95 Å². The molecule has 2 N–H and O–H groups in total. The molecule has 0 aromatic carbocycles. The predicted octanol–water partition coefficient (Wildman–Crippen LogP) is -1.24. The van der Waals surface area contributed by atoms with E-state index in [1.165, 1.54) is 4.80 Å². The van der Waals surface area contributed by atoms with E-state index in [0.29, 0.717) is 0 Å². The number of aromatic nitrogens is 4. The maximum atomic E-state index is 11.3. The molecular formula is C6H12N6O. The minimum atomic E-state index is -0.274. The summed E-state index contributed by atoms with van der Waals surface area (Å²) in [6.07, 6.45) is 0. The molecule has 13 heavy (non-hydrogen) atoms. The highest BCUT2D eigenvalue weighted by Crippen LogP contribution is 1.93. The number of carbonyl (C=O) groups is 1. The molecule has 0 saturated heterocycles. The second kappa shape index (κ2) is 3.94. The normalized spacial score (nSPS) is 12.5. The largest absolute Gasteiger partial charge is 0.309 e. The molecule has 0 aliphatic rings. The van der Waals surface area contributed by atoms with Crippen LogP contribution in [-0.2, 0) is 11.8 Å². The van der Waals surface area contributed by atoms with Crippen molar-refractivity contribution in [1.82, 2.24) is 25.5 Å². The van der Waals surface area contributed by atoms with Crippen LogP contribution in [0.2, 0.25) is 0 Å². The monoisotopic (exact) mass is 184 g/mol. The highest BCUT2D eigenvalue weighted by atomic mass is 16.2. The molecule has 1 aromatic heterocycles. The number of nitrogens with one attached hydrogen (secondary N) is 2. The zero-order chi connectivity index (χ0) is 9.84. The van der Waals surface area contributed by atoms with Crippen LogP contribution in [0.3, 0.4) is 0 Å². The van der Waals surface area contributed by atoms with Crippen molar-refractivity contribution in [3.8, 4) is 0 Å². The Morgan fingerprint density at radius 1 is 1.62 bits per heavy atom. The number of aryl methyl sites for hydroxylation is 1. The van der Waals surface area contributed by atoms with E-state index >= 15 is 0 Å². The minimum absolute atomic E-state index is 0.185. The van der Waals surface area contributed by atoms with Crippen molar-refractivity contribution >= 4 is 11.9 Å². The van der Waals surface area contributed by atoms with Crippen molar-refractivity contribution in [2.45, 2.75) is 13.0 Å². The van der Waals surface area contributed by atoms with Crippen molar-refractivity contribution < 1.29 is 4.79 Å². The Morgan fingerprint density at radius 2 is 2.31 bits per heavy atom. The van der Waals surface area contributed by atoms with Crippen LogP contribution in [0.1, 0.15) is 6.92 Å². The Balaban J connectivity index is 2.54. The van der Waals surface area contributed by atoms with Gasteiger partial charge in [-0.3, -0.25) is 10.1 Å². The van der Waals surface area contributed by atoms with Gasteiger partial charge in [0.2, 0.25) is 5.91 Å². The third kappa shape index (κ3) is 2.48. The summed E-state index contributed by atoms with van der Waals surface area (Å²) < 4.78 is 0. The van der Waals surface area contributed by atoms with E-state index in [-0.39, 0.29) is 17.9 Å². The lowest BCUT2D eigenvalue weighted by molar-refractivity contribution is -0.117. The average molecular weight is 184 g/mol. The van der Waals surface area contributed by atoms with Gasteiger partial charge in [-0.2, -0.15) is 4.80 Å². The van der Waals surface area contributed by atoms with Gasteiger partial charge in [-0.15, -0.1) is 5.10 Å². The Kier molecular flexibility index (Phi) is 2.91. The number of anilines is 1. The van der Waals surface area contributed by atoms with Crippen LogP contribution < -0.4 is 10.6 Å². The maximum absolute atomic E-state index is 11.3. The first-order valence-electron chi connectivity index (χ1n) is 3.85.